The van der Waals surface area contributed by atoms with Crippen molar-refractivity contribution < 1.29 is 8.78 Å². The van der Waals surface area contributed by atoms with Crippen LogP contribution in [-0.4, -0.2) is 21.5 Å². The van der Waals surface area contributed by atoms with Gasteiger partial charge in [-0.15, -0.1) is 0 Å². The third-order valence-electron chi connectivity index (χ3n) is 4.19. The summed E-state index contributed by atoms with van der Waals surface area (Å²) in [4.78, 5) is 22.6. The zero-order valence-electron chi connectivity index (χ0n) is 17.1. The number of rotatable bonds is 6. The number of H-pyrrole nitrogens is 1. The van der Waals surface area contributed by atoms with Gasteiger partial charge in [0.1, 0.15) is 17.5 Å². The molecule has 0 aliphatic heterocycles. The molecular formula is C22H26F2N4O. The van der Waals surface area contributed by atoms with E-state index in [0.717, 1.165) is 23.4 Å². The first-order chi connectivity index (χ1) is 14.0. The lowest BCUT2D eigenvalue weighted by Gasteiger charge is -2.11. The molecule has 1 aromatic carbocycles. The molecule has 2 N–H and O–H groups in total. The molecule has 154 valence electrons. The summed E-state index contributed by atoms with van der Waals surface area (Å²) in [5.74, 6) is -0.385. The molecule has 0 unspecified atom stereocenters. The Balaban J connectivity index is 0.00000145. The fourth-order valence-corrected chi connectivity index (χ4v) is 2.69. The molecule has 2 heterocycles. The summed E-state index contributed by atoms with van der Waals surface area (Å²) < 4.78 is 28.2. The van der Waals surface area contributed by atoms with E-state index < -0.39 is 11.6 Å². The van der Waals surface area contributed by atoms with E-state index in [0.29, 0.717) is 25.2 Å². The predicted molar refractivity (Wildman–Crippen MR) is 112 cm³/mol. The number of benzene rings is 1. The second-order valence-corrected chi connectivity index (χ2v) is 6.24. The SMILES string of the molecule is CC.CCc1cc(NCCc2cc[nH]c(=O)c2)nc(-c2cc(F)c(C)cc2F)n1. The zero-order valence-corrected chi connectivity index (χ0v) is 17.1. The molecule has 5 nitrogen and oxygen atoms in total. The number of aromatic nitrogens is 3. The molecular weight excluding hydrogens is 374 g/mol. The van der Waals surface area contributed by atoms with Crippen LogP contribution in [-0.2, 0) is 12.8 Å². The Kier molecular flexibility index (Phi) is 8.00. The van der Waals surface area contributed by atoms with Crippen molar-refractivity contribution in [2.45, 2.75) is 40.5 Å². The van der Waals surface area contributed by atoms with Crippen molar-refractivity contribution in [3.8, 4) is 11.4 Å². The van der Waals surface area contributed by atoms with Gasteiger partial charge in [-0.05, 0) is 49.1 Å². The van der Waals surface area contributed by atoms with Gasteiger partial charge in [0.15, 0.2) is 5.82 Å². The lowest BCUT2D eigenvalue weighted by molar-refractivity contribution is 0.594. The van der Waals surface area contributed by atoms with Crippen LogP contribution >= 0.6 is 0 Å². The minimum Gasteiger partial charge on any atom is -0.370 e. The number of hydrogen-bond acceptors (Lipinski definition) is 4. The standard InChI is InChI=1S/C20H20F2N4O.C2H6/c1-3-14-10-18(23-6-4-13-5-7-24-19(27)9-13)26-20(25-14)15-11-16(21)12(2)8-17(15)22;1-2/h5,7-11H,3-4,6H2,1-2H3,(H,24,27)(H,23,25,26);1-2H3. The summed E-state index contributed by atoms with van der Waals surface area (Å²) in [6.07, 6.45) is 2.86. The normalized spacial score (nSPS) is 10.3. The molecule has 0 saturated heterocycles. The topological polar surface area (TPSA) is 70.7 Å². The van der Waals surface area contributed by atoms with Crippen molar-refractivity contribution in [1.29, 1.82) is 0 Å². The maximum Gasteiger partial charge on any atom is 0.248 e. The maximum atomic E-state index is 14.3. The number of hydrogen-bond donors (Lipinski definition) is 2. The van der Waals surface area contributed by atoms with Gasteiger partial charge in [-0.1, -0.05) is 20.8 Å². The van der Waals surface area contributed by atoms with Crippen LogP contribution in [0.2, 0.25) is 0 Å². The van der Waals surface area contributed by atoms with Crippen molar-refractivity contribution in [3.05, 3.63) is 75.3 Å². The molecule has 3 aromatic rings. The van der Waals surface area contributed by atoms with Gasteiger partial charge < -0.3 is 10.3 Å². The Labute approximate surface area is 169 Å². The average molecular weight is 400 g/mol. The molecule has 0 aliphatic rings. The number of aryl methyl sites for hydroxylation is 2. The number of nitrogens with zero attached hydrogens (tertiary/aromatic N) is 2. The third kappa shape index (κ3) is 5.94. The number of halogens is 2. The maximum absolute atomic E-state index is 14.3. The second-order valence-electron chi connectivity index (χ2n) is 6.24. The highest BCUT2D eigenvalue weighted by Gasteiger charge is 2.14. The highest BCUT2D eigenvalue weighted by molar-refractivity contribution is 5.59. The summed E-state index contributed by atoms with van der Waals surface area (Å²) in [7, 11) is 0. The summed E-state index contributed by atoms with van der Waals surface area (Å²) in [5.41, 5.74) is 1.73. The first-order valence-electron chi connectivity index (χ1n) is 9.71. The first-order valence-corrected chi connectivity index (χ1v) is 9.71. The van der Waals surface area contributed by atoms with Crippen molar-refractivity contribution >= 4 is 5.82 Å². The Bertz CT molecular complexity index is 1020. The average Bonchev–Trinajstić information content (AvgIpc) is 2.72. The van der Waals surface area contributed by atoms with Gasteiger partial charge in [0.25, 0.3) is 0 Å². The van der Waals surface area contributed by atoms with Gasteiger partial charge in [-0.3, -0.25) is 4.79 Å². The van der Waals surface area contributed by atoms with Gasteiger partial charge in [-0.2, -0.15) is 0 Å². The number of aromatic amines is 1. The van der Waals surface area contributed by atoms with Gasteiger partial charge in [0.05, 0.1) is 5.56 Å². The number of anilines is 1. The lowest BCUT2D eigenvalue weighted by atomic mass is 10.1. The summed E-state index contributed by atoms with van der Waals surface area (Å²) in [5, 5.41) is 3.16. The minimum atomic E-state index is -0.559. The van der Waals surface area contributed by atoms with E-state index in [-0.39, 0.29) is 22.5 Å². The highest BCUT2D eigenvalue weighted by atomic mass is 19.1. The second kappa shape index (κ2) is 10.5. The van der Waals surface area contributed by atoms with Gasteiger partial charge >= 0.3 is 0 Å². The molecule has 3 rings (SSSR count). The number of nitrogens with one attached hydrogen (secondary N) is 2. The molecule has 29 heavy (non-hydrogen) atoms. The molecule has 0 spiro atoms. The Morgan fingerprint density at radius 2 is 1.83 bits per heavy atom. The van der Waals surface area contributed by atoms with Crippen LogP contribution in [0.25, 0.3) is 11.4 Å². The highest BCUT2D eigenvalue weighted by Crippen LogP contribution is 2.24. The predicted octanol–water partition coefficient (Wildman–Crippen LogP) is 4.66. The zero-order chi connectivity index (χ0) is 21.4. The van der Waals surface area contributed by atoms with Crippen LogP contribution in [0.1, 0.15) is 37.6 Å². The van der Waals surface area contributed by atoms with Gasteiger partial charge in [0, 0.05) is 30.6 Å². The van der Waals surface area contributed by atoms with E-state index >= 15 is 0 Å². The van der Waals surface area contributed by atoms with Crippen LogP contribution in [0.5, 0.6) is 0 Å². The van der Waals surface area contributed by atoms with Crippen molar-refractivity contribution in [1.82, 2.24) is 15.0 Å². The Morgan fingerprint density at radius 1 is 1.07 bits per heavy atom. The van der Waals surface area contributed by atoms with Crippen LogP contribution in [0.15, 0.2) is 41.3 Å². The monoisotopic (exact) mass is 400 g/mol. The summed E-state index contributed by atoms with van der Waals surface area (Å²) in [6.45, 7) is 7.97. The molecule has 0 aliphatic carbocycles. The van der Waals surface area contributed by atoms with Gasteiger partial charge in [0.2, 0.25) is 5.56 Å². The molecule has 0 radical (unpaired) electrons. The molecule has 0 bridgehead atoms. The van der Waals surface area contributed by atoms with E-state index in [2.05, 4.69) is 20.3 Å². The minimum absolute atomic E-state index is 0.0334. The van der Waals surface area contributed by atoms with Crippen LogP contribution in [0, 0.1) is 18.6 Å². The lowest BCUT2D eigenvalue weighted by Crippen LogP contribution is -2.11. The van der Waals surface area contributed by atoms with Crippen molar-refractivity contribution in [3.63, 3.8) is 0 Å². The summed E-state index contributed by atoms with van der Waals surface area (Å²) >= 11 is 0. The fourth-order valence-electron chi connectivity index (χ4n) is 2.69. The summed E-state index contributed by atoms with van der Waals surface area (Å²) in [6, 6.07) is 7.42. The van der Waals surface area contributed by atoms with Crippen molar-refractivity contribution in [2.24, 2.45) is 0 Å². The van der Waals surface area contributed by atoms with E-state index in [9.17, 15) is 13.6 Å². The molecule has 0 fully saturated rings. The molecule has 0 atom stereocenters. The molecule has 2 aromatic heterocycles. The molecule has 0 amide bonds. The van der Waals surface area contributed by atoms with Crippen LogP contribution < -0.4 is 10.9 Å². The van der Waals surface area contributed by atoms with E-state index in [1.54, 1.807) is 12.3 Å². The molecule has 0 saturated carbocycles. The Morgan fingerprint density at radius 3 is 2.52 bits per heavy atom. The molecule has 7 heteroatoms. The quantitative estimate of drug-likeness (QED) is 0.631. The third-order valence-corrected chi connectivity index (χ3v) is 4.19. The first kappa shape index (κ1) is 22.2. The van der Waals surface area contributed by atoms with E-state index in [1.165, 1.54) is 13.0 Å². The van der Waals surface area contributed by atoms with E-state index in [4.69, 9.17) is 0 Å². The smallest absolute Gasteiger partial charge is 0.248 e. The van der Waals surface area contributed by atoms with E-state index in [1.807, 2.05) is 26.8 Å². The van der Waals surface area contributed by atoms with Crippen LogP contribution in [0.3, 0.4) is 0 Å². The largest absolute Gasteiger partial charge is 0.370 e. The van der Waals surface area contributed by atoms with Gasteiger partial charge in [-0.25, -0.2) is 18.7 Å². The van der Waals surface area contributed by atoms with Crippen molar-refractivity contribution in [2.75, 3.05) is 11.9 Å². The van der Waals surface area contributed by atoms with Crippen LogP contribution in [0.4, 0.5) is 14.6 Å². The number of pyridine rings is 1. The fraction of sp³-hybridized carbons (Fsp3) is 0.318. The Hall–Kier alpha value is -3.09.